The Morgan fingerprint density at radius 3 is 2.21 bits per heavy atom. The van der Waals surface area contributed by atoms with E-state index in [1.165, 1.54) is 0 Å². The number of nitrogens with one attached hydrogen (secondary N) is 2. The van der Waals surface area contributed by atoms with Crippen molar-refractivity contribution in [1.29, 1.82) is 0 Å². The zero-order valence-corrected chi connectivity index (χ0v) is 16.9. The van der Waals surface area contributed by atoms with Gasteiger partial charge in [0.2, 0.25) is 15.9 Å². The molecule has 1 atom stereocenters. The van der Waals surface area contributed by atoms with E-state index in [9.17, 15) is 13.2 Å². The zero-order valence-electron chi connectivity index (χ0n) is 16.0. The lowest BCUT2D eigenvalue weighted by atomic mass is 10.0. The largest absolute Gasteiger partial charge is 0.351 e. The summed E-state index contributed by atoms with van der Waals surface area (Å²) in [5.74, 6) is -0.00725. The van der Waals surface area contributed by atoms with Gasteiger partial charge in [-0.15, -0.1) is 0 Å². The van der Waals surface area contributed by atoms with Crippen LogP contribution in [-0.2, 0) is 21.4 Å². The topological polar surface area (TPSA) is 78.5 Å². The summed E-state index contributed by atoms with van der Waals surface area (Å²) in [6, 6.07) is 17.9. The molecule has 1 amide bonds. The highest BCUT2D eigenvalue weighted by Crippen LogP contribution is 2.17. The summed E-state index contributed by atoms with van der Waals surface area (Å²) in [7, 11) is -3.50. The number of sulfonamides is 1. The fourth-order valence-corrected chi connectivity index (χ4v) is 4.72. The van der Waals surface area contributed by atoms with Crippen LogP contribution in [-0.4, -0.2) is 44.4 Å². The van der Waals surface area contributed by atoms with Gasteiger partial charge >= 0.3 is 0 Å². The highest BCUT2D eigenvalue weighted by Gasteiger charge is 2.28. The van der Waals surface area contributed by atoms with Crippen molar-refractivity contribution in [3.05, 3.63) is 66.2 Å². The van der Waals surface area contributed by atoms with Gasteiger partial charge in [-0.05, 0) is 37.5 Å². The van der Waals surface area contributed by atoms with Crippen LogP contribution in [0.5, 0.6) is 0 Å². The standard InChI is InChI=1S/C21H27N3O3S/c1-17(21(25)22-16-18-8-4-2-5-9-18)24-14-12-19(13-15-24)23-28(26,27)20-10-6-3-7-11-20/h2-11,17,19,23H,12-16H2,1H3,(H,22,25). The Hall–Kier alpha value is -2.22. The molecule has 0 aliphatic carbocycles. The van der Waals surface area contributed by atoms with Gasteiger partial charge in [0.25, 0.3) is 0 Å². The van der Waals surface area contributed by atoms with Crippen LogP contribution in [0.4, 0.5) is 0 Å². The molecule has 0 bridgehead atoms. The third-order valence-corrected chi connectivity index (χ3v) is 6.68. The maximum absolute atomic E-state index is 12.5. The smallest absolute Gasteiger partial charge is 0.240 e. The Balaban J connectivity index is 1.47. The van der Waals surface area contributed by atoms with Crippen LogP contribution in [0, 0.1) is 0 Å². The maximum atomic E-state index is 12.5. The molecule has 1 heterocycles. The van der Waals surface area contributed by atoms with Gasteiger partial charge in [-0.2, -0.15) is 0 Å². The first-order valence-corrected chi connectivity index (χ1v) is 11.1. The van der Waals surface area contributed by atoms with Gasteiger partial charge < -0.3 is 5.32 Å². The van der Waals surface area contributed by atoms with E-state index >= 15 is 0 Å². The second-order valence-corrected chi connectivity index (χ2v) is 8.84. The number of likely N-dealkylation sites (tertiary alicyclic amines) is 1. The van der Waals surface area contributed by atoms with Crippen LogP contribution < -0.4 is 10.0 Å². The van der Waals surface area contributed by atoms with Gasteiger partial charge in [0, 0.05) is 25.7 Å². The fourth-order valence-electron chi connectivity index (χ4n) is 3.39. The average Bonchev–Trinajstić information content (AvgIpc) is 2.73. The van der Waals surface area contributed by atoms with Gasteiger partial charge in [0.1, 0.15) is 0 Å². The highest BCUT2D eigenvalue weighted by molar-refractivity contribution is 7.89. The van der Waals surface area contributed by atoms with E-state index in [0.29, 0.717) is 32.5 Å². The SMILES string of the molecule is CC(C(=O)NCc1ccccc1)N1CCC(NS(=O)(=O)c2ccccc2)CC1. The molecule has 1 aliphatic heterocycles. The van der Waals surface area contributed by atoms with Crippen LogP contribution in [0.1, 0.15) is 25.3 Å². The van der Waals surface area contributed by atoms with E-state index in [-0.39, 0.29) is 22.9 Å². The lowest BCUT2D eigenvalue weighted by molar-refractivity contribution is -0.126. The Morgan fingerprint density at radius 1 is 1.04 bits per heavy atom. The molecule has 1 saturated heterocycles. The average molecular weight is 402 g/mol. The molecular formula is C21H27N3O3S. The number of piperidine rings is 1. The molecule has 3 rings (SSSR count). The summed E-state index contributed by atoms with van der Waals surface area (Å²) in [5, 5.41) is 2.97. The summed E-state index contributed by atoms with van der Waals surface area (Å²) in [5.41, 5.74) is 1.07. The summed E-state index contributed by atoms with van der Waals surface area (Å²) in [6.07, 6.45) is 1.37. The van der Waals surface area contributed by atoms with Crippen molar-refractivity contribution in [2.45, 2.75) is 43.3 Å². The van der Waals surface area contributed by atoms with E-state index in [0.717, 1.165) is 5.56 Å². The lowest BCUT2D eigenvalue weighted by Gasteiger charge is -2.35. The van der Waals surface area contributed by atoms with E-state index in [1.54, 1.807) is 30.3 Å². The van der Waals surface area contributed by atoms with Crippen molar-refractivity contribution in [3.8, 4) is 0 Å². The molecule has 0 saturated carbocycles. The highest BCUT2D eigenvalue weighted by atomic mass is 32.2. The monoisotopic (exact) mass is 401 g/mol. The number of hydrogen-bond acceptors (Lipinski definition) is 4. The van der Waals surface area contributed by atoms with Crippen LogP contribution in [0.25, 0.3) is 0 Å². The number of carbonyl (C=O) groups excluding carboxylic acids is 1. The van der Waals surface area contributed by atoms with Crippen LogP contribution in [0.3, 0.4) is 0 Å². The Bertz CT molecular complexity index is 864. The normalized spacial score (nSPS) is 17.2. The Kier molecular flexibility index (Phi) is 6.83. The molecule has 1 unspecified atom stereocenters. The van der Waals surface area contributed by atoms with Crippen LogP contribution >= 0.6 is 0 Å². The van der Waals surface area contributed by atoms with Crippen LogP contribution in [0.2, 0.25) is 0 Å². The number of rotatable bonds is 7. The fraction of sp³-hybridized carbons (Fsp3) is 0.381. The van der Waals surface area contributed by atoms with E-state index in [2.05, 4.69) is 14.9 Å². The summed E-state index contributed by atoms with van der Waals surface area (Å²) < 4.78 is 27.7. The van der Waals surface area contributed by atoms with Crippen LogP contribution in [0.15, 0.2) is 65.6 Å². The quantitative estimate of drug-likeness (QED) is 0.745. The Morgan fingerprint density at radius 2 is 1.61 bits per heavy atom. The van der Waals surface area contributed by atoms with Gasteiger partial charge in [-0.25, -0.2) is 13.1 Å². The van der Waals surface area contributed by atoms with E-state index in [1.807, 2.05) is 37.3 Å². The molecule has 0 aromatic heterocycles. The number of nitrogens with zero attached hydrogens (tertiary/aromatic N) is 1. The Labute approximate surface area is 167 Å². The predicted molar refractivity (Wildman–Crippen MR) is 109 cm³/mol. The van der Waals surface area contributed by atoms with Crippen molar-refractivity contribution in [2.24, 2.45) is 0 Å². The number of amides is 1. The summed E-state index contributed by atoms with van der Waals surface area (Å²) in [4.78, 5) is 14.8. The summed E-state index contributed by atoms with van der Waals surface area (Å²) in [6.45, 7) is 3.77. The molecule has 2 N–H and O–H groups in total. The van der Waals surface area contributed by atoms with Crippen molar-refractivity contribution < 1.29 is 13.2 Å². The second-order valence-electron chi connectivity index (χ2n) is 7.12. The van der Waals surface area contributed by atoms with E-state index in [4.69, 9.17) is 0 Å². The first-order valence-electron chi connectivity index (χ1n) is 9.59. The molecule has 1 aliphatic rings. The molecular weight excluding hydrogens is 374 g/mol. The molecule has 1 fully saturated rings. The molecule has 0 radical (unpaired) electrons. The molecule has 150 valence electrons. The second kappa shape index (κ2) is 9.32. The first-order chi connectivity index (χ1) is 13.5. The number of carbonyl (C=O) groups is 1. The van der Waals surface area contributed by atoms with Gasteiger partial charge in [-0.1, -0.05) is 48.5 Å². The van der Waals surface area contributed by atoms with Gasteiger partial charge in [0.15, 0.2) is 0 Å². The molecule has 2 aromatic carbocycles. The van der Waals surface area contributed by atoms with Gasteiger partial charge in [0.05, 0.1) is 10.9 Å². The minimum atomic E-state index is -3.50. The third kappa shape index (κ3) is 5.41. The summed E-state index contributed by atoms with van der Waals surface area (Å²) >= 11 is 0. The van der Waals surface area contributed by atoms with Crippen molar-refractivity contribution in [2.75, 3.05) is 13.1 Å². The molecule has 0 spiro atoms. The van der Waals surface area contributed by atoms with Crippen molar-refractivity contribution in [3.63, 3.8) is 0 Å². The molecule has 7 heteroatoms. The van der Waals surface area contributed by atoms with Crippen molar-refractivity contribution in [1.82, 2.24) is 14.9 Å². The first kappa shape index (κ1) is 20.5. The number of benzene rings is 2. The maximum Gasteiger partial charge on any atom is 0.240 e. The van der Waals surface area contributed by atoms with Gasteiger partial charge in [-0.3, -0.25) is 9.69 Å². The molecule has 6 nitrogen and oxygen atoms in total. The molecule has 2 aromatic rings. The number of hydrogen-bond donors (Lipinski definition) is 2. The minimum Gasteiger partial charge on any atom is -0.351 e. The molecule has 28 heavy (non-hydrogen) atoms. The van der Waals surface area contributed by atoms with E-state index < -0.39 is 10.0 Å². The predicted octanol–water partition coefficient (Wildman–Crippen LogP) is 2.13. The third-order valence-electron chi connectivity index (χ3n) is 5.14. The van der Waals surface area contributed by atoms with Crippen molar-refractivity contribution >= 4 is 15.9 Å². The zero-order chi connectivity index (χ0) is 20.0. The minimum absolute atomic E-state index is 0.00725. The lowest BCUT2D eigenvalue weighted by Crippen LogP contribution is -2.51.